The molecule has 0 bridgehead atoms. The summed E-state index contributed by atoms with van der Waals surface area (Å²) in [5.74, 6) is 0. The van der Waals surface area contributed by atoms with Crippen LogP contribution in [0.1, 0.15) is 22.3 Å². The number of aryl methyl sites for hydroxylation is 1. The van der Waals surface area contributed by atoms with Gasteiger partial charge < -0.3 is 10.8 Å². The maximum atomic E-state index is 9.46. The van der Waals surface area contributed by atoms with E-state index in [0.717, 1.165) is 4.88 Å². The summed E-state index contributed by atoms with van der Waals surface area (Å²) in [5.41, 5.74) is 5.32. The molecular weight excluding hydrogens is 158 g/mol. The fraction of sp³-hybridized carbons (Fsp3) is 0.500. The summed E-state index contributed by atoms with van der Waals surface area (Å²) in [6, 6.07) is 3.97. The number of aliphatic hydroxyl groups excluding tert-OH is 1. The standard InChI is InChI=1S/C8H13NOS/c1-6-2-3-8(11-6)7(10)4-5-9/h2-3,7,10H,4-5,9H2,1H3/t7-/m1/s1. The molecule has 0 aromatic carbocycles. The van der Waals surface area contributed by atoms with Gasteiger partial charge in [0.25, 0.3) is 0 Å². The molecule has 1 heterocycles. The van der Waals surface area contributed by atoms with Crippen molar-refractivity contribution in [2.45, 2.75) is 19.4 Å². The molecule has 1 atom stereocenters. The van der Waals surface area contributed by atoms with E-state index >= 15 is 0 Å². The minimum absolute atomic E-state index is 0.362. The van der Waals surface area contributed by atoms with Gasteiger partial charge in [0.05, 0.1) is 6.10 Å². The van der Waals surface area contributed by atoms with Gasteiger partial charge in [-0.2, -0.15) is 0 Å². The average molecular weight is 171 g/mol. The number of aliphatic hydroxyl groups is 1. The zero-order valence-electron chi connectivity index (χ0n) is 6.58. The Labute approximate surface area is 70.7 Å². The van der Waals surface area contributed by atoms with Crippen LogP contribution in [-0.2, 0) is 0 Å². The second-order valence-electron chi connectivity index (χ2n) is 2.54. The summed E-state index contributed by atoms with van der Waals surface area (Å²) in [6.45, 7) is 2.57. The zero-order chi connectivity index (χ0) is 8.27. The van der Waals surface area contributed by atoms with E-state index in [0.29, 0.717) is 13.0 Å². The SMILES string of the molecule is Cc1ccc([C@H](O)CCN)s1. The predicted octanol–water partition coefficient (Wildman–Crippen LogP) is 1.44. The molecule has 11 heavy (non-hydrogen) atoms. The van der Waals surface area contributed by atoms with Crippen molar-refractivity contribution in [1.82, 2.24) is 0 Å². The Bertz CT molecular complexity index is 222. The van der Waals surface area contributed by atoms with Gasteiger partial charge in [0, 0.05) is 9.75 Å². The third-order valence-electron chi connectivity index (χ3n) is 1.53. The minimum atomic E-state index is -0.362. The molecule has 0 radical (unpaired) electrons. The van der Waals surface area contributed by atoms with Crippen LogP contribution in [0.5, 0.6) is 0 Å². The molecule has 0 saturated carbocycles. The van der Waals surface area contributed by atoms with Crippen LogP contribution in [0.25, 0.3) is 0 Å². The Morgan fingerprint density at radius 3 is 2.82 bits per heavy atom. The highest BCUT2D eigenvalue weighted by Gasteiger charge is 2.07. The summed E-state index contributed by atoms with van der Waals surface area (Å²) in [4.78, 5) is 2.25. The third-order valence-corrected chi connectivity index (χ3v) is 2.63. The van der Waals surface area contributed by atoms with E-state index in [4.69, 9.17) is 5.73 Å². The van der Waals surface area contributed by atoms with E-state index < -0.39 is 0 Å². The molecule has 0 unspecified atom stereocenters. The van der Waals surface area contributed by atoms with Crippen molar-refractivity contribution in [3.05, 3.63) is 21.9 Å². The fourth-order valence-corrected chi connectivity index (χ4v) is 1.83. The molecule has 1 aromatic heterocycles. The lowest BCUT2D eigenvalue weighted by Crippen LogP contribution is -2.05. The van der Waals surface area contributed by atoms with Gasteiger partial charge in [0.1, 0.15) is 0 Å². The first kappa shape index (κ1) is 8.71. The largest absolute Gasteiger partial charge is 0.388 e. The Kier molecular flexibility index (Phi) is 3.05. The van der Waals surface area contributed by atoms with Crippen molar-refractivity contribution in [3.8, 4) is 0 Å². The van der Waals surface area contributed by atoms with E-state index in [1.54, 1.807) is 11.3 Å². The lowest BCUT2D eigenvalue weighted by Gasteiger charge is -2.04. The van der Waals surface area contributed by atoms with Crippen molar-refractivity contribution >= 4 is 11.3 Å². The molecule has 0 amide bonds. The van der Waals surface area contributed by atoms with Crippen molar-refractivity contribution in [2.75, 3.05) is 6.54 Å². The van der Waals surface area contributed by atoms with Crippen LogP contribution in [0.15, 0.2) is 12.1 Å². The van der Waals surface area contributed by atoms with E-state index in [1.807, 2.05) is 19.1 Å². The maximum absolute atomic E-state index is 9.46. The monoisotopic (exact) mass is 171 g/mol. The summed E-state index contributed by atoms with van der Waals surface area (Å²) in [5, 5.41) is 9.46. The topological polar surface area (TPSA) is 46.2 Å². The van der Waals surface area contributed by atoms with Crippen molar-refractivity contribution in [3.63, 3.8) is 0 Å². The Balaban J connectivity index is 2.60. The first-order valence-corrected chi connectivity index (χ1v) is 4.50. The van der Waals surface area contributed by atoms with Crippen LogP contribution in [-0.4, -0.2) is 11.7 Å². The lowest BCUT2D eigenvalue weighted by atomic mass is 10.2. The number of hydrogen-bond donors (Lipinski definition) is 2. The van der Waals surface area contributed by atoms with Crippen LogP contribution in [0.3, 0.4) is 0 Å². The molecule has 62 valence electrons. The smallest absolute Gasteiger partial charge is 0.0894 e. The number of hydrogen-bond acceptors (Lipinski definition) is 3. The fourth-order valence-electron chi connectivity index (χ4n) is 0.933. The summed E-state index contributed by atoms with van der Waals surface area (Å²) in [7, 11) is 0. The first-order valence-electron chi connectivity index (χ1n) is 3.68. The molecule has 2 nitrogen and oxygen atoms in total. The zero-order valence-corrected chi connectivity index (χ0v) is 7.40. The number of nitrogens with two attached hydrogens (primary N) is 1. The van der Waals surface area contributed by atoms with E-state index in [9.17, 15) is 5.11 Å². The van der Waals surface area contributed by atoms with Crippen LogP contribution in [0.4, 0.5) is 0 Å². The van der Waals surface area contributed by atoms with Gasteiger partial charge in [0.2, 0.25) is 0 Å². The molecule has 0 aliphatic rings. The second-order valence-corrected chi connectivity index (χ2v) is 3.86. The highest BCUT2D eigenvalue weighted by Crippen LogP contribution is 2.24. The third kappa shape index (κ3) is 2.29. The molecule has 3 N–H and O–H groups in total. The van der Waals surface area contributed by atoms with Gasteiger partial charge in [-0.15, -0.1) is 11.3 Å². The molecule has 3 heteroatoms. The summed E-state index contributed by atoms with van der Waals surface area (Å²) >= 11 is 1.63. The maximum Gasteiger partial charge on any atom is 0.0894 e. The summed E-state index contributed by atoms with van der Waals surface area (Å²) < 4.78 is 0. The van der Waals surface area contributed by atoms with Crippen molar-refractivity contribution < 1.29 is 5.11 Å². The predicted molar refractivity (Wildman–Crippen MR) is 47.7 cm³/mol. The van der Waals surface area contributed by atoms with Crippen LogP contribution in [0, 0.1) is 6.92 Å². The lowest BCUT2D eigenvalue weighted by molar-refractivity contribution is 0.174. The molecule has 1 rings (SSSR count). The first-order chi connectivity index (χ1) is 5.24. The number of rotatable bonds is 3. The highest BCUT2D eigenvalue weighted by molar-refractivity contribution is 7.11. The summed E-state index contributed by atoms with van der Waals surface area (Å²) in [6.07, 6.45) is 0.290. The van der Waals surface area contributed by atoms with Crippen LogP contribution in [0.2, 0.25) is 0 Å². The van der Waals surface area contributed by atoms with Gasteiger partial charge in [0.15, 0.2) is 0 Å². The van der Waals surface area contributed by atoms with Gasteiger partial charge in [-0.1, -0.05) is 0 Å². The second kappa shape index (κ2) is 3.85. The Morgan fingerprint density at radius 2 is 2.36 bits per heavy atom. The molecule has 1 aromatic rings. The van der Waals surface area contributed by atoms with Crippen LogP contribution >= 0.6 is 11.3 Å². The van der Waals surface area contributed by atoms with Gasteiger partial charge in [-0.05, 0) is 32.0 Å². The minimum Gasteiger partial charge on any atom is -0.388 e. The average Bonchev–Trinajstić information content (AvgIpc) is 2.36. The molecular formula is C8H13NOS. The van der Waals surface area contributed by atoms with Crippen LogP contribution < -0.4 is 5.73 Å². The molecule has 0 fully saturated rings. The Morgan fingerprint density at radius 1 is 1.64 bits per heavy atom. The quantitative estimate of drug-likeness (QED) is 0.723. The van der Waals surface area contributed by atoms with Gasteiger partial charge >= 0.3 is 0 Å². The number of thiophene rings is 1. The van der Waals surface area contributed by atoms with E-state index in [1.165, 1.54) is 4.88 Å². The van der Waals surface area contributed by atoms with E-state index in [2.05, 4.69) is 0 Å². The molecule has 0 aliphatic heterocycles. The van der Waals surface area contributed by atoms with Gasteiger partial charge in [-0.25, -0.2) is 0 Å². The normalized spacial score (nSPS) is 13.4. The Hall–Kier alpha value is -0.380. The molecule has 0 aliphatic carbocycles. The van der Waals surface area contributed by atoms with Gasteiger partial charge in [-0.3, -0.25) is 0 Å². The van der Waals surface area contributed by atoms with Crippen molar-refractivity contribution in [2.24, 2.45) is 5.73 Å². The molecule has 0 saturated heterocycles. The van der Waals surface area contributed by atoms with E-state index in [-0.39, 0.29) is 6.10 Å². The van der Waals surface area contributed by atoms with Crippen molar-refractivity contribution in [1.29, 1.82) is 0 Å². The molecule has 0 spiro atoms. The highest BCUT2D eigenvalue weighted by atomic mass is 32.1.